The van der Waals surface area contributed by atoms with Gasteiger partial charge in [-0.3, -0.25) is 9.78 Å². The highest BCUT2D eigenvalue weighted by Gasteiger charge is 2.25. The van der Waals surface area contributed by atoms with E-state index in [9.17, 15) is 9.59 Å². The van der Waals surface area contributed by atoms with E-state index >= 15 is 0 Å². The van der Waals surface area contributed by atoms with E-state index in [2.05, 4.69) is 25.6 Å². The van der Waals surface area contributed by atoms with Gasteiger partial charge in [-0.2, -0.15) is 0 Å². The number of aromatic nitrogens is 3. The number of amides is 2. The molecule has 8 heteroatoms. The predicted octanol–water partition coefficient (Wildman–Crippen LogP) is 2.38. The zero-order valence-corrected chi connectivity index (χ0v) is 14.2. The van der Waals surface area contributed by atoms with Gasteiger partial charge in [0.15, 0.2) is 5.65 Å². The Morgan fingerprint density at radius 3 is 2.54 bits per heavy atom. The summed E-state index contributed by atoms with van der Waals surface area (Å²) in [6.45, 7) is 1.66. The molecule has 0 aliphatic carbocycles. The van der Waals surface area contributed by atoms with Crippen LogP contribution in [0.2, 0.25) is 0 Å². The first-order chi connectivity index (χ1) is 12.5. The minimum atomic E-state index is -1.19. The zero-order valence-electron chi connectivity index (χ0n) is 14.2. The molecule has 0 saturated heterocycles. The Morgan fingerprint density at radius 1 is 1.12 bits per heavy atom. The molecule has 0 bridgehead atoms. The molecule has 0 fully saturated rings. The SMILES string of the molecule is CNC(=O)c1c(-c2ccccn2)c(C(C)NC(=O)O)nc2ncccc12. The molecule has 0 aliphatic rings. The Kier molecular flexibility index (Phi) is 4.74. The zero-order chi connectivity index (χ0) is 18.7. The Balaban J connectivity index is 2.41. The second kappa shape index (κ2) is 7.14. The van der Waals surface area contributed by atoms with Crippen LogP contribution in [0, 0.1) is 0 Å². The van der Waals surface area contributed by atoms with E-state index in [1.807, 2.05) is 0 Å². The number of nitrogens with zero attached hydrogens (tertiary/aromatic N) is 3. The quantitative estimate of drug-likeness (QED) is 0.664. The normalized spacial score (nSPS) is 11.8. The van der Waals surface area contributed by atoms with Crippen LogP contribution in [-0.2, 0) is 0 Å². The second-order valence-corrected chi connectivity index (χ2v) is 5.59. The summed E-state index contributed by atoms with van der Waals surface area (Å²) in [6, 6.07) is 8.12. The fourth-order valence-electron chi connectivity index (χ4n) is 2.81. The van der Waals surface area contributed by atoms with Gasteiger partial charge in [-0.1, -0.05) is 6.07 Å². The number of rotatable bonds is 4. The van der Waals surface area contributed by atoms with Crippen LogP contribution in [0.1, 0.15) is 29.0 Å². The topological polar surface area (TPSA) is 117 Å². The lowest BCUT2D eigenvalue weighted by Crippen LogP contribution is -2.27. The molecule has 3 rings (SSSR count). The number of carbonyl (C=O) groups is 2. The lowest BCUT2D eigenvalue weighted by Gasteiger charge is -2.19. The van der Waals surface area contributed by atoms with E-state index in [0.29, 0.717) is 33.5 Å². The highest BCUT2D eigenvalue weighted by Crippen LogP contribution is 2.33. The van der Waals surface area contributed by atoms with Gasteiger partial charge in [0, 0.05) is 30.4 Å². The summed E-state index contributed by atoms with van der Waals surface area (Å²) in [5.41, 5.74) is 2.11. The maximum absolute atomic E-state index is 12.7. The number of carbonyl (C=O) groups excluding carboxylic acids is 1. The highest BCUT2D eigenvalue weighted by atomic mass is 16.4. The highest BCUT2D eigenvalue weighted by molar-refractivity contribution is 6.11. The van der Waals surface area contributed by atoms with Crippen molar-refractivity contribution in [2.45, 2.75) is 13.0 Å². The largest absolute Gasteiger partial charge is 0.465 e. The number of nitrogens with one attached hydrogen (secondary N) is 2. The molecule has 3 N–H and O–H groups in total. The molecule has 1 atom stereocenters. The van der Waals surface area contributed by atoms with Crippen molar-refractivity contribution in [3.63, 3.8) is 0 Å². The standard InChI is InChI=1S/C18H17N5O3/c1-10(22-18(25)26)15-14(12-7-3-4-8-20-12)13(17(24)19-2)11-6-5-9-21-16(11)23-15/h3-10,22H,1-2H3,(H,19,24)(H,25,26). The number of hydrogen-bond donors (Lipinski definition) is 3. The summed E-state index contributed by atoms with van der Waals surface area (Å²) < 4.78 is 0. The molecule has 3 heterocycles. The third kappa shape index (κ3) is 3.16. The van der Waals surface area contributed by atoms with E-state index < -0.39 is 12.1 Å². The summed E-state index contributed by atoms with van der Waals surface area (Å²) in [6.07, 6.45) is 1.99. The predicted molar refractivity (Wildman–Crippen MR) is 95.7 cm³/mol. The average molecular weight is 351 g/mol. The van der Waals surface area contributed by atoms with Crippen molar-refractivity contribution >= 4 is 23.0 Å². The Morgan fingerprint density at radius 2 is 1.88 bits per heavy atom. The molecule has 3 aromatic heterocycles. The van der Waals surface area contributed by atoms with Gasteiger partial charge in [0.1, 0.15) is 0 Å². The fourth-order valence-corrected chi connectivity index (χ4v) is 2.81. The van der Waals surface area contributed by atoms with E-state index in [1.54, 1.807) is 49.6 Å². The minimum Gasteiger partial charge on any atom is -0.465 e. The molecule has 0 aromatic carbocycles. The van der Waals surface area contributed by atoms with Crippen molar-refractivity contribution < 1.29 is 14.7 Å². The van der Waals surface area contributed by atoms with Gasteiger partial charge in [0.2, 0.25) is 0 Å². The van der Waals surface area contributed by atoms with Crippen LogP contribution in [0.5, 0.6) is 0 Å². The Hall–Kier alpha value is -3.55. The summed E-state index contributed by atoms with van der Waals surface area (Å²) in [5, 5.41) is 14.7. The van der Waals surface area contributed by atoms with Crippen LogP contribution in [0.4, 0.5) is 4.79 Å². The molecular formula is C18H17N5O3. The van der Waals surface area contributed by atoms with Crippen LogP contribution in [-0.4, -0.2) is 39.1 Å². The van der Waals surface area contributed by atoms with Crippen molar-refractivity contribution in [2.75, 3.05) is 7.05 Å². The van der Waals surface area contributed by atoms with Crippen LogP contribution in [0.25, 0.3) is 22.3 Å². The van der Waals surface area contributed by atoms with Crippen LogP contribution in [0.3, 0.4) is 0 Å². The van der Waals surface area contributed by atoms with Crippen molar-refractivity contribution in [1.29, 1.82) is 0 Å². The fraction of sp³-hybridized carbons (Fsp3) is 0.167. The van der Waals surface area contributed by atoms with Gasteiger partial charge in [-0.05, 0) is 31.2 Å². The summed E-state index contributed by atoms with van der Waals surface area (Å²) in [4.78, 5) is 36.9. The van der Waals surface area contributed by atoms with Crippen molar-refractivity contribution in [3.05, 3.63) is 54.0 Å². The second-order valence-electron chi connectivity index (χ2n) is 5.59. The van der Waals surface area contributed by atoms with Gasteiger partial charge in [0.05, 0.1) is 23.0 Å². The molecule has 0 saturated carbocycles. The van der Waals surface area contributed by atoms with Gasteiger partial charge in [0.25, 0.3) is 5.91 Å². The van der Waals surface area contributed by atoms with Crippen LogP contribution < -0.4 is 10.6 Å². The third-order valence-electron chi connectivity index (χ3n) is 3.91. The molecule has 26 heavy (non-hydrogen) atoms. The Labute approximate surface area is 149 Å². The number of hydrogen-bond acceptors (Lipinski definition) is 5. The van der Waals surface area contributed by atoms with E-state index in [4.69, 9.17) is 5.11 Å². The summed E-state index contributed by atoms with van der Waals surface area (Å²) in [5.74, 6) is -0.324. The van der Waals surface area contributed by atoms with Crippen molar-refractivity contribution in [1.82, 2.24) is 25.6 Å². The van der Waals surface area contributed by atoms with E-state index in [1.165, 1.54) is 7.05 Å². The first-order valence-electron chi connectivity index (χ1n) is 7.94. The Bertz CT molecular complexity index is 975. The molecule has 0 aliphatic heterocycles. The lowest BCUT2D eigenvalue weighted by atomic mass is 9.95. The molecular weight excluding hydrogens is 334 g/mol. The van der Waals surface area contributed by atoms with E-state index in [0.717, 1.165) is 0 Å². The molecule has 0 radical (unpaired) electrons. The van der Waals surface area contributed by atoms with Crippen molar-refractivity contribution in [2.24, 2.45) is 0 Å². The molecule has 3 aromatic rings. The number of carboxylic acid groups (broad SMARTS) is 1. The van der Waals surface area contributed by atoms with Gasteiger partial charge in [-0.15, -0.1) is 0 Å². The minimum absolute atomic E-state index is 0.324. The molecule has 8 nitrogen and oxygen atoms in total. The van der Waals surface area contributed by atoms with Gasteiger partial charge in [-0.25, -0.2) is 14.8 Å². The lowest BCUT2D eigenvalue weighted by molar-refractivity contribution is 0.0965. The molecule has 0 spiro atoms. The van der Waals surface area contributed by atoms with Gasteiger partial charge >= 0.3 is 6.09 Å². The number of pyridine rings is 3. The van der Waals surface area contributed by atoms with Crippen molar-refractivity contribution in [3.8, 4) is 11.3 Å². The summed E-state index contributed by atoms with van der Waals surface area (Å²) in [7, 11) is 1.53. The van der Waals surface area contributed by atoms with Crippen LogP contribution >= 0.6 is 0 Å². The third-order valence-corrected chi connectivity index (χ3v) is 3.91. The summed E-state index contributed by atoms with van der Waals surface area (Å²) >= 11 is 0. The average Bonchev–Trinajstić information content (AvgIpc) is 2.66. The first kappa shape index (κ1) is 17.3. The van der Waals surface area contributed by atoms with Gasteiger partial charge < -0.3 is 15.7 Å². The van der Waals surface area contributed by atoms with E-state index in [-0.39, 0.29) is 5.91 Å². The molecule has 1 unspecified atom stereocenters. The maximum atomic E-state index is 12.7. The smallest absolute Gasteiger partial charge is 0.405 e. The molecule has 2 amide bonds. The van der Waals surface area contributed by atoms with Crippen LogP contribution in [0.15, 0.2) is 42.7 Å². The first-order valence-corrected chi connectivity index (χ1v) is 7.94. The molecule has 132 valence electrons. The maximum Gasteiger partial charge on any atom is 0.405 e. The number of fused-ring (bicyclic) bond motifs is 1. The monoisotopic (exact) mass is 351 g/mol.